The quantitative estimate of drug-likeness (QED) is 0.827. The predicted octanol–water partition coefficient (Wildman–Crippen LogP) is 1.14. The molecule has 0 spiro atoms. The van der Waals surface area contributed by atoms with Crippen molar-refractivity contribution in [2.24, 2.45) is 0 Å². The number of fused-ring (bicyclic) bond motifs is 1. The molecule has 3 rings (SSSR count). The first-order valence-corrected chi connectivity index (χ1v) is 8.20. The van der Waals surface area contributed by atoms with Gasteiger partial charge in [-0.3, -0.25) is 4.79 Å². The third-order valence-electron chi connectivity index (χ3n) is 4.63. The lowest BCUT2D eigenvalue weighted by Crippen LogP contribution is -2.55. The zero-order valence-electron chi connectivity index (χ0n) is 13.9. The number of carbonyl (C=O) groups is 1. The van der Waals surface area contributed by atoms with Crippen LogP contribution < -0.4 is 9.84 Å². The van der Waals surface area contributed by atoms with Crippen molar-refractivity contribution in [3.8, 4) is 11.8 Å². The van der Waals surface area contributed by atoms with Crippen molar-refractivity contribution < 1.29 is 19.4 Å². The second-order valence-corrected chi connectivity index (χ2v) is 6.70. The molecule has 2 heterocycles. The van der Waals surface area contributed by atoms with E-state index in [9.17, 15) is 15.2 Å². The number of hydrogen-bond acceptors (Lipinski definition) is 5. The summed E-state index contributed by atoms with van der Waals surface area (Å²) >= 11 is 0. The van der Waals surface area contributed by atoms with Crippen molar-refractivity contribution >= 4 is 5.91 Å². The van der Waals surface area contributed by atoms with Gasteiger partial charge in [-0.2, -0.15) is 5.26 Å². The molecule has 24 heavy (non-hydrogen) atoms. The van der Waals surface area contributed by atoms with Crippen molar-refractivity contribution in [2.45, 2.75) is 44.4 Å². The maximum Gasteiger partial charge on any atom is 0.223 e. The fourth-order valence-electron chi connectivity index (χ4n) is 3.59. The van der Waals surface area contributed by atoms with Gasteiger partial charge in [0.2, 0.25) is 5.91 Å². The molecule has 1 aromatic rings. The van der Waals surface area contributed by atoms with E-state index in [1.54, 1.807) is 23.1 Å². The summed E-state index contributed by atoms with van der Waals surface area (Å²) in [7, 11) is 0. The molecule has 0 aliphatic carbocycles. The first-order valence-electron chi connectivity index (χ1n) is 8.20. The SMILES string of the molecule is CC1(C)Oc2ccc(C#N)cc2[C@H](N2CCCC2=O)[C@H]1OCC[O-]. The van der Waals surface area contributed by atoms with Crippen LogP contribution in [0.3, 0.4) is 0 Å². The van der Waals surface area contributed by atoms with Crippen LogP contribution in [0.25, 0.3) is 0 Å². The number of amides is 1. The van der Waals surface area contributed by atoms with Crippen LogP contribution in [-0.2, 0) is 9.53 Å². The van der Waals surface area contributed by atoms with Crippen LogP contribution in [0.5, 0.6) is 5.75 Å². The maximum atomic E-state index is 12.4. The molecule has 6 nitrogen and oxygen atoms in total. The Morgan fingerprint density at radius 2 is 2.29 bits per heavy atom. The zero-order valence-corrected chi connectivity index (χ0v) is 13.9. The van der Waals surface area contributed by atoms with Crippen molar-refractivity contribution in [1.82, 2.24) is 4.90 Å². The lowest BCUT2D eigenvalue weighted by molar-refractivity contribution is -0.377. The molecule has 0 unspecified atom stereocenters. The second-order valence-electron chi connectivity index (χ2n) is 6.70. The normalized spacial score (nSPS) is 25.1. The highest BCUT2D eigenvalue weighted by Gasteiger charge is 2.49. The van der Waals surface area contributed by atoms with Crippen molar-refractivity contribution in [3.63, 3.8) is 0 Å². The topological polar surface area (TPSA) is 85.6 Å². The number of rotatable bonds is 4. The Hall–Kier alpha value is -2.10. The first-order chi connectivity index (χ1) is 11.5. The van der Waals surface area contributed by atoms with Crippen LogP contribution in [0.15, 0.2) is 18.2 Å². The van der Waals surface area contributed by atoms with Crippen LogP contribution in [0, 0.1) is 11.3 Å². The molecule has 2 atom stereocenters. The van der Waals surface area contributed by atoms with E-state index in [0.29, 0.717) is 24.3 Å². The lowest BCUT2D eigenvalue weighted by atomic mass is 9.84. The number of ether oxygens (including phenoxy) is 2. The molecular formula is C18H21N2O4-. The Labute approximate surface area is 141 Å². The molecule has 0 bridgehead atoms. The van der Waals surface area contributed by atoms with Gasteiger partial charge >= 0.3 is 0 Å². The Morgan fingerprint density at radius 1 is 1.50 bits per heavy atom. The summed E-state index contributed by atoms with van der Waals surface area (Å²) in [5.74, 6) is 0.729. The van der Waals surface area contributed by atoms with Gasteiger partial charge in [-0.15, -0.1) is 6.61 Å². The van der Waals surface area contributed by atoms with Gasteiger partial charge in [0.1, 0.15) is 17.5 Å². The smallest absolute Gasteiger partial charge is 0.223 e. The average molecular weight is 329 g/mol. The Morgan fingerprint density at radius 3 is 2.92 bits per heavy atom. The summed E-state index contributed by atoms with van der Waals surface area (Å²) in [6.45, 7) is 4.16. The molecule has 2 aliphatic rings. The van der Waals surface area contributed by atoms with E-state index in [-0.39, 0.29) is 25.2 Å². The van der Waals surface area contributed by atoms with Gasteiger partial charge < -0.3 is 19.5 Å². The third kappa shape index (κ3) is 2.85. The van der Waals surface area contributed by atoms with E-state index in [0.717, 1.165) is 12.0 Å². The van der Waals surface area contributed by atoms with E-state index in [2.05, 4.69) is 6.07 Å². The molecular weight excluding hydrogens is 308 g/mol. The largest absolute Gasteiger partial charge is 0.853 e. The van der Waals surface area contributed by atoms with Crippen molar-refractivity contribution in [1.29, 1.82) is 5.26 Å². The standard InChI is InChI=1S/C18H21N2O4/c1-18(2)17(23-9-8-21)16(20-7-3-4-15(20)22)13-10-12(11-19)5-6-14(13)24-18/h5-6,10,16-17H,3-4,7-9H2,1-2H3/q-1/t16-,17+/m0/s1. The number of nitrogens with zero attached hydrogens (tertiary/aromatic N) is 2. The molecule has 1 amide bonds. The minimum absolute atomic E-state index is 0.0588. The zero-order chi connectivity index (χ0) is 17.3. The minimum atomic E-state index is -0.691. The lowest BCUT2D eigenvalue weighted by Gasteiger charge is -2.47. The van der Waals surface area contributed by atoms with Gasteiger partial charge in [0.05, 0.1) is 17.7 Å². The highest BCUT2D eigenvalue weighted by Crippen LogP contribution is 2.45. The van der Waals surface area contributed by atoms with E-state index >= 15 is 0 Å². The summed E-state index contributed by atoms with van der Waals surface area (Å²) in [5.41, 5.74) is 0.597. The molecule has 0 saturated carbocycles. The van der Waals surface area contributed by atoms with Gasteiger partial charge in [0, 0.05) is 25.1 Å². The molecule has 0 radical (unpaired) electrons. The number of hydrogen-bond donors (Lipinski definition) is 0. The molecule has 6 heteroatoms. The predicted molar refractivity (Wildman–Crippen MR) is 84.2 cm³/mol. The van der Waals surface area contributed by atoms with E-state index in [1.807, 2.05) is 13.8 Å². The summed E-state index contributed by atoms with van der Waals surface area (Å²) in [6.07, 6.45) is 0.854. The molecule has 128 valence electrons. The maximum absolute atomic E-state index is 12.4. The van der Waals surface area contributed by atoms with E-state index in [1.165, 1.54) is 0 Å². The van der Waals surface area contributed by atoms with Crippen molar-refractivity contribution in [3.05, 3.63) is 29.3 Å². The number of benzene rings is 1. The highest BCUT2D eigenvalue weighted by molar-refractivity contribution is 5.79. The molecule has 1 saturated heterocycles. The highest BCUT2D eigenvalue weighted by atomic mass is 16.6. The summed E-state index contributed by atoms with van der Waals surface area (Å²) in [5, 5.41) is 20.1. The Kier molecular flexibility index (Phi) is 4.48. The first kappa shape index (κ1) is 16.7. The van der Waals surface area contributed by atoms with Crippen LogP contribution in [0.1, 0.15) is 43.9 Å². The van der Waals surface area contributed by atoms with Crippen LogP contribution in [-0.4, -0.2) is 42.3 Å². The minimum Gasteiger partial charge on any atom is -0.853 e. The fourth-order valence-corrected chi connectivity index (χ4v) is 3.59. The molecule has 0 N–H and O–H groups in total. The Balaban J connectivity index is 2.10. The van der Waals surface area contributed by atoms with Crippen LogP contribution >= 0.6 is 0 Å². The number of likely N-dealkylation sites (tertiary alicyclic amines) is 1. The molecule has 1 fully saturated rings. The van der Waals surface area contributed by atoms with Gasteiger partial charge in [-0.05, 0) is 38.5 Å². The summed E-state index contributed by atoms with van der Waals surface area (Å²) in [6, 6.07) is 7.01. The van der Waals surface area contributed by atoms with Gasteiger partial charge in [-0.1, -0.05) is 0 Å². The van der Waals surface area contributed by atoms with E-state index in [4.69, 9.17) is 9.47 Å². The van der Waals surface area contributed by atoms with Gasteiger partial charge in [0.15, 0.2) is 0 Å². The van der Waals surface area contributed by atoms with E-state index < -0.39 is 11.7 Å². The monoisotopic (exact) mass is 329 g/mol. The fraction of sp³-hybridized carbons (Fsp3) is 0.556. The van der Waals surface area contributed by atoms with Gasteiger partial charge in [-0.25, -0.2) is 0 Å². The second kappa shape index (κ2) is 6.42. The Bertz CT molecular complexity index is 680. The third-order valence-corrected chi connectivity index (χ3v) is 4.63. The van der Waals surface area contributed by atoms with Gasteiger partial charge in [0.25, 0.3) is 0 Å². The average Bonchev–Trinajstić information content (AvgIpc) is 2.97. The number of carbonyl (C=O) groups excluding carboxylic acids is 1. The van der Waals surface area contributed by atoms with Crippen LogP contribution in [0.4, 0.5) is 0 Å². The summed E-state index contributed by atoms with van der Waals surface area (Å²) < 4.78 is 11.9. The summed E-state index contributed by atoms with van der Waals surface area (Å²) in [4.78, 5) is 14.2. The molecule has 0 aromatic heterocycles. The van der Waals surface area contributed by atoms with Crippen molar-refractivity contribution in [2.75, 3.05) is 19.8 Å². The number of nitriles is 1. The molecule has 1 aromatic carbocycles. The molecule has 2 aliphatic heterocycles. The van der Waals surface area contributed by atoms with Crippen LogP contribution in [0.2, 0.25) is 0 Å².